The van der Waals surface area contributed by atoms with Crippen LogP contribution in [-0.4, -0.2) is 27.3 Å². The van der Waals surface area contributed by atoms with Gasteiger partial charge < -0.3 is 10.1 Å². The summed E-state index contributed by atoms with van der Waals surface area (Å²) in [6, 6.07) is 7.99. The maximum Gasteiger partial charge on any atom is 0.217 e. The van der Waals surface area contributed by atoms with Gasteiger partial charge in [0.1, 0.15) is 5.82 Å². The topological polar surface area (TPSA) is 72.8 Å². The number of nitrogens with one attached hydrogen (secondary N) is 1. The number of anilines is 1. The van der Waals surface area contributed by atoms with Gasteiger partial charge in [-0.3, -0.25) is 0 Å². The molecule has 0 aliphatic heterocycles. The predicted molar refractivity (Wildman–Crippen MR) is 86.3 cm³/mol. The van der Waals surface area contributed by atoms with Crippen LogP contribution in [0.1, 0.15) is 5.56 Å². The number of hydrogen-bond donors (Lipinski definition) is 1. The molecule has 0 aliphatic rings. The molecule has 0 unspecified atom stereocenters. The van der Waals surface area contributed by atoms with E-state index in [1.165, 1.54) is 35.2 Å². The van der Waals surface area contributed by atoms with Crippen LogP contribution in [0.2, 0.25) is 0 Å². The fourth-order valence-electron chi connectivity index (χ4n) is 1.67. The van der Waals surface area contributed by atoms with Gasteiger partial charge in [-0.2, -0.15) is 4.98 Å². The van der Waals surface area contributed by atoms with Gasteiger partial charge >= 0.3 is 0 Å². The van der Waals surface area contributed by atoms with Crippen molar-refractivity contribution < 1.29 is 9.13 Å². The van der Waals surface area contributed by atoms with Crippen LogP contribution >= 0.6 is 23.1 Å². The quantitative estimate of drug-likeness (QED) is 0.685. The smallest absolute Gasteiger partial charge is 0.217 e. The van der Waals surface area contributed by atoms with Crippen LogP contribution in [0.15, 0.2) is 46.0 Å². The van der Waals surface area contributed by atoms with E-state index in [0.717, 1.165) is 9.90 Å². The van der Waals surface area contributed by atoms with E-state index in [9.17, 15) is 4.39 Å². The molecule has 2 aromatic heterocycles. The molecule has 0 radical (unpaired) electrons. The lowest BCUT2D eigenvalue weighted by molar-refractivity contribution is 0.392. The average molecular weight is 349 g/mol. The number of benzene rings is 1. The molecule has 6 nitrogen and oxygen atoms in total. The zero-order valence-corrected chi connectivity index (χ0v) is 13.7. The van der Waals surface area contributed by atoms with Crippen molar-refractivity contribution in [1.82, 2.24) is 20.2 Å². The molecule has 0 aliphatic carbocycles. The van der Waals surface area contributed by atoms with Crippen molar-refractivity contribution in [2.45, 2.75) is 16.0 Å². The van der Waals surface area contributed by atoms with Crippen molar-refractivity contribution in [3.05, 3.63) is 47.9 Å². The van der Waals surface area contributed by atoms with Crippen LogP contribution in [0.25, 0.3) is 0 Å². The Bertz CT molecular complexity index is 781. The Kier molecular flexibility index (Phi) is 4.99. The van der Waals surface area contributed by atoms with Crippen LogP contribution in [-0.2, 0) is 6.54 Å². The Balaban J connectivity index is 1.60. The van der Waals surface area contributed by atoms with Gasteiger partial charge in [0.2, 0.25) is 11.0 Å². The molecule has 3 aromatic rings. The van der Waals surface area contributed by atoms with Gasteiger partial charge in [0.15, 0.2) is 9.50 Å². The molecule has 0 fully saturated rings. The normalized spacial score (nSPS) is 10.5. The first kappa shape index (κ1) is 15.6. The van der Waals surface area contributed by atoms with Crippen molar-refractivity contribution in [3.8, 4) is 5.88 Å². The van der Waals surface area contributed by atoms with Crippen LogP contribution < -0.4 is 10.1 Å². The lowest BCUT2D eigenvalue weighted by atomic mass is 10.2. The van der Waals surface area contributed by atoms with Crippen molar-refractivity contribution in [2.75, 3.05) is 12.4 Å². The highest BCUT2D eigenvalue weighted by Gasteiger charge is 2.08. The van der Waals surface area contributed by atoms with Gasteiger partial charge in [-0.25, -0.2) is 9.37 Å². The number of ether oxygens (including phenoxy) is 1. The summed E-state index contributed by atoms with van der Waals surface area (Å²) in [5.41, 5.74) is 0.965. The highest BCUT2D eigenvalue weighted by Crippen LogP contribution is 2.30. The zero-order valence-electron chi connectivity index (χ0n) is 12.1. The maximum atomic E-state index is 12.9. The minimum atomic E-state index is -0.248. The molecule has 9 heteroatoms. The number of aromatic nitrogens is 4. The third kappa shape index (κ3) is 4.36. The lowest BCUT2D eigenvalue weighted by Crippen LogP contribution is -1.98. The van der Waals surface area contributed by atoms with E-state index >= 15 is 0 Å². The molecule has 0 atom stereocenters. The molecule has 0 amide bonds. The number of nitrogens with zero attached hydrogens (tertiary/aromatic N) is 4. The maximum absolute atomic E-state index is 12.9. The second kappa shape index (κ2) is 7.34. The number of hydrogen-bond acceptors (Lipinski definition) is 8. The molecule has 0 saturated heterocycles. The Labute approximate surface area is 140 Å². The Morgan fingerprint density at radius 2 is 2.04 bits per heavy atom. The fraction of sp³-hybridized carbons (Fsp3) is 0.143. The van der Waals surface area contributed by atoms with E-state index in [-0.39, 0.29) is 5.82 Å². The van der Waals surface area contributed by atoms with Gasteiger partial charge in [0.05, 0.1) is 7.11 Å². The molecule has 23 heavy (non-hydrogen) atoms. The second-order valence-corrected chi connectivity index (χ2v) is 6.53. The molecular weight excluding hydrogens is 337 g/mol. The molecule has 3 rings (SSSR count). The van der Waals surface area contributed by atoms with Crippen LogP contribution in [0.5, 0.6) is 5.88 Å². The van der Waals surface area contributed by atoms with Gasteiger partial charge in [-0.1, -0.05) is 23.5 Å². The highest BCUT2D eigenvalue weighted by molar-refractivity contribution is 8.00. The molecular formula is C14H12FN5OS2. The summed E-state index contributed by atoms with van der Waals surface area (Å²) in [5.74, 6) is 0.253. The van der Waals surface area contributed by atoms with Gasteiger partial charge in [0.25, 0.3) is 0 Å². The Morgan fingerprint density at radius 3 is 2.83 bits per heavy atom. The average Bonchev–Trinajstić information content (AvgIpc) is 3.02. The first-order chi connectivity index (χ1) is 11.2. The molecule has 0 saturated carbocycles. The number of halogens is 1. The predicted octanol–water partition coefficient (Wildman–Crippen LogP) is 3.24. The third-order valence-electron chi connectivity index (χ3n) is 2.76. The molecule has 118 valence electrons. The summed E-state index contributed by atoms with van der Waals surface area (Å²) < 4.78 is 18.6. The summed E-state index contributed by atoms with van der Waals surface area (Å²) in [4.78, 5) is 8.36. The summed E-state index contributed by atoms with van der Waals surface area (Å²) in [5, 5.41) is 12.5. The van der Waals surface area contributed by atoms with E-state index in [2.05, 4.69) is 25.5 Å². The number of rotatable bonds is 6. The van der Waals surface area contributed by atoms with Crippen LogP contribution in [0.4, 0.5) is 9.52 Å². The van der Waals surface area contributed by atoms with Gasteiger partial charge in [-0.15, -0.1) is 10.2 Å². The highest BCUT2D eigenvalue weighted by atomic mass is 32.2. The molecule has 2 heterocycles. The standard InChI is InChI=1S/C14H12FN5OS2/c1-21-11-6-7-16-12(18-11)22-14-20-19-13(23-14)17-8-9-2-4-10(15)5-3-9/h2-7H,8H2,1H3,(H,17,19). The minimum absolute atomic E-state index is 0.248. The lowest BCUT2D eigenvalue weighted by Gasteiger charge is -2.01. The van der Waals surface area contributed by atoms with Crippen molar-refractivity contribution >= 4 is 28.2 Å². The molecule has 1 aromatic carbocycles. The second-order valence-electron chi connectivity index (χ2n) is 4.34. The first-order valence-electron chi connectivity index (χ1n) is 6.59. The Hall–Kier alpha value is -2.26. The largest absolute Gasteiger partial charge is 0.481 e. The van der Waals surface area contributed by atoms with E-state index in [4.69, 9.17) is 4.74 Å². The Morgan fingerprint density at radius 1 is 1.22 bits per heavy atom. The summed E-state index contributed by atoms with van der Waals surface area (Å²) in [6.45, 7) is 0.551. The van der Waals surface area contributed by atoms with E-state index in [1.54, 1.807) is 31.5 Å². The molecule has 0 bridgehead atoms. The number of methoxy groups -OCH3 is 1. The molecule has 0 spiro atoms. The van der Waals surface area contributed by atoms with E-state index in [0.29, 0.717) is 22.7 Å². The SMILES string of the molecule is COc1ccnc(Sc2nnc(NCc3ccc(F)cc3)s2)n1. The van der Waals surface area contributed by atoms with Crippen LogP contribution in [0.3, 0.4) is 0 Å². The summed E-state index contributed by atoms with van der Waals surface area (Å²) in [7, 11) is 1.55. The van der Waals surface area contributed by atoms with Crippen molar-refractivity contribution in [1.29, 1.82) is 0 Å². The van der Waals surface area contributed by atoms with Crippen molar-refractivity contribution in [3.63, 3.8) is 0 Å². The molecule has 1 N–H and O–H groups in total. The van der Waals surface area contributed by atoms with Gasteiger partial charge in [0, 0.05) is 18.8 Å². The van der Waals surface area contributed by atoms with Crippen molar-refractivity contribution in [2.24, 2.45) is 0 Å². The monoisotopic (exact) mass is 349 g/mol. The summed E-state index contributed by atoms with van der Waals surface area (Å²) >= 11 is 2.71. The third-order valence-corrected chi connectivity index (χ3v) is 4.57. The van der Waals surface area contributed by atoms with Gasteiger partial charge in [-0.05, 0) is 29.5 Å². The zero-order chi connectivity index (χ0) is 16.1. The first-order valence-corrected chi connectivity index (χ1v) is 8.23. The van der Waals surface area contributed by atoms with E-state index in [1.807, 2.05) is 0 Å². The van der Waals surface area contributed by atoms with E-state index < -0.39 is 0 Å². The fourth-order valence-corrected chi connectivity index (χ4v) is 3.26. The van der Waals surface area contributed by atoms with Crippen LogP contribution in [0, 0.1) is 5.82 Å². The minimum Gasteiger partial charge on any atom is -0.481 e. The summed E-state index contributed by atoms with van der Waals surface area (Å²) in [6.07, 6.45) is 1.63.